The number of carbonyl (C=O) groups excluding carboxylic acids is 1. The van der Waals surface area contributed by atoms with E-state index >= 15 is 0 Å². The van der Waals surface area contributed by atoms with Crippen molar-refractivity contribution >= 4 is 23.5 Å². The number of hydrogen-bond donors (Lipinski definition) is 2. The number of unbranched alkanes of at least 4 members (excludes halogenated alkanes) is 3. The number of likely N-dealkylation sites (tertiary alicyclic amines) is 1. The first-order valence-electron chi connectivity index (χ1n) is 11.8. The molecule has 1 saturated heterocycles. The lowest BCUT2D eigenvalue weighted by Crippen LogP contribution is -2.44. The van der Waals surface area contributed by atoms with Gasteiger partial charge in [0.2, 0.25) is 5.91 Å². The highest BCUT2D eigenvalue weighted by atomic mass is 35.5. The van der Waals surface area contributed by atoms with Gasteiger partial charge in [-0.25, -0.2) is 0 Å². The van der Waals surface area contributed by atoms with Crippen LogP contribution in [0.2, 0.25) is 5.02 Å². The molecule has 2 N–H and O–H groups in total. The van der Waals surface area contributed by atoms with Gasteiger partial charge in [-0.1, -0.05) is 56.5 Å². The van der Waals surface area contributed by atoms with Crippen LogP contribution in [0.4, 0.5) is 0 Å². The molecule has 31 heavy (non-hydrogen) atoms. The van der Waals surface area contributed by atoms with Crippen LogP contribution in [0.3, 0.4) is 0 Å². The quantitative estimate of drug-likeness (QED) is 0.384. The van der Waals surface area contributed by atoms with Gasteiger partial charge in [0.15, 0.2) is 0 Å². The van der Waals surface area contributed by atoms with Crippen molar-refractivity contribution in [3.05, 3.63) is 34.3 Å². The third kappa shape index (κ3) is 8.46. The molecular formula is C25H38ClNO4. The fourth-order valence-corrected chi connectivity index (χ4v) is 4.88. The van der Waals surface area contributed by atoms with E-state index in [1.54, 1.807) is 0 Å². The number of aliphatic carboxylic acids is 1. The molecule has 2 rings (SSSR count). The van der Waals surface area contributed by atoms with Gasteiger partial charge in [0.1, 0.15) is 0 Å². The van der Waals surface area contributed by atoms with Gasteiger partial charge in [-0.3, -0.25) is 9.59 Å². The van der Waals surface area contributed by atoms with Crippen LogP contribution >= 0.6 is 11.6 Å². The van der Waals surface area contributed by atoms with Crippen molar-refractivity contribution in [2.75, 3.05) is 6.54 Å². The number of piperidine rings is 1. The molecule has 6 heteroatoms. The largest absolute Gasteiger partial charge is 0.481 e. The third-order valence-electron chi connectivity index (χ3n) is 6.25. The molecule has 1 unspecified atom stereocenters. The number of aliphatic hydroxyl groups is 1. The number of amides is 1. The van der Waals surface area contributed by atoms with Gasteiger partial charge in [-0.2, -0.15) is 0 Å². The van der Waals surface area contributed by atoms with Crippen molar-refractivity contribution < 1.29 is 19.8 Å². The smallest absolute Gasteiger partial charge is 0.303 e. The molecule has 1 heterocycles. The molecule has 2 atom stereocenters. The lowest BCUT2D eigenvalue weighted by atomic mass is 9.93. The summed E-state index contributed by atoms with van der Waals surface area (Å²) in [5.41, 5.74) is 2.09. The number of carbonyl (C=O) groups is 2. The van der Waals surface area contributed by atoms with Crippen molar-refractivity contribution in [3.63, 3.8) is 0 Å². The molecule has 1 aromatic carbocycles. The number of benzene rings is 1. The highest BCUT2D eigenvalue weighted by Gasteiger charge is 2.28. The predicted molar refractivity (Wildman–Crippen MR) is 125 cm³/mol. The highest BCUT2D eigenvalue weighted by Crippen LogP contribution is 2.29. The lowest BCUT2D eigenvalue weighted by molar-refractivity contribution is -0.137. The summed E-state index contributed by atoms with van der Waals surface area (Å²) in [5.74, 6) is -0.193. The minimum absolute atomic E-state index is 0.187. The first-order valence-corrected chi connectivity index (χ1v) is 12.1. The zero-order valence-corrected chi connectivity index (χ0v) is 19.7. The predicted octanol–water partition coefficient (Wildman–Crippen LogP) is 5.56. The number of hydrogen-bond acceptors (Lipinski definition) is 3. The van der Waals surface area contributed by atoms with E-state index in [4.69, 9.17) is 16.7 Å². The Kier molecular flexibility index (Phi) is 10.8. The first kappa shape index (κ1) is 25.7. The van der Waals surface area contributed by atoms with E-state index in [2.05, 4.69) is 13.8 Å². The number of carboxylic acid groups (broad SMARTS) is 1. The number of rotatable bonds is 13. The molecule has 0 aromatic heterocycles. The van der Waals surface area contributed by atoms with E-state index in [0.29, 0.717) is 31.6 Å². The molecule has 1 aliphatic rings. The van der Waals surface area contributed by atoms with Crippen molar-refractivity contribution in [1.29, 1.82) is 0 Å². The van der Waals surface area contributed by atoms with Gasteiger partial charge in [0.25, 0.3) is 0 Å². The highest BCUT2D eigenvalue weighted by molar-refractivity contribution is 6.32. The minimum atomic E-state index is -0.748. The van der Waals surface area contributed by atoms with Crippen LogP contribution in [0.15, 0.2) is 18.2 Å². The molecule has 5 nitrogen and oxygen atoms in total. The average Bonchev–Trinajstić information content (AvgIpc) is 2.71. The molecule has 0 aliphatic carbocycles. The standard InChI is InChI=1S/C25H38ClNO4/c1-18(2)22-11-7-9-19(25(22)26)17-21(28)15-14-20-10-8-12-23(29)27(20)16-6-4-3-5-13-24(30)31/h7,9,11,18,20-21,28H,3-6,8,10,12-17H2,1-2H3,(H,30,31)/t20-,21?/m1/s1. The van der Waals surface area contributed by atoms with Crippen molar-refractivity contribution in [2.45, 2.75) is 103 Å². The van der Waals surface area contributed by atoms with E-state index in [-0.39, 0.29) is 18.4 Å². The van der Waals surface area contributed by atoms with Crippen LogP contribution in [0.5, 0.6) is 0 Å². The second-order valence-corrected chi connectivity index (χ2v) is 9.48. The van der Waals surface area contributed by atoms with Crippen LogP contribution in [0.1, 0.15) is 95.1 Å². The van der Waals surface area contributed by atoms with Crippen LogP contribution in [0.25, 0.3) is 0 Å². The van der Waals surface area contributed by atoms with E-state index in [9.17, 15) is 14.7 Å². The summed E-state index contributed by atoms with van der Waals surface area (Å²) in [6.45, 7) is 4.96. The second-order valence-electron chi connectivity index (χ2n) is 9.10. The van der Waals surface area contributed by atoms with Gasteiger partial charge in [0, 0.05) is 30.5 Å². The zero-order valence-electron chi connectivity index (χ0n) is 19.0. The monoisotopic (exact) mass is 451 g/mol. The minimum Gasteiger partial charge on any atom is -0.481 e. The van der Waals surface area contributed by atoms with Gasteiger partial charge in [-0.05, 0) is 62.0 Å². The molecular weight excluding hydrogens is 414 g/mol. The van der Waals surface area contributed by atoms with Crippen LogP contribution in [-0.4, -0.2) is 45.7 Å². The molecule has 1 amide bonds. The Hall–Kier alpha value is -1.59. The van der Waals surface area contributed by atoms with Crippen molar-refractivity contribution in [2.24, 2.45) is 0 Å². The molecule has 1 fully saturated rings. The fourth-order valence-electron chi connectivity index (χ4n) is 4.46. The first-order chi connectivity index (χ1) is 14.8. The van der Waals surface area contributed by atoms with Crippen LogP contribution in [0, 0.1) is 0 Å². The molecule has 0 spiro atoms. The molecule has 0 bridgehead atoms. The summed E-state index contributed by atoms with van der Waals surface area (Å²) in [7, 11) is 0. The second kappa shape index (κ2) is 13.1. The third-order valence-corrected chi connectivity index (χ3v) is 6.71. The Labute approximate surface area is 191 Å². The maximum atomic E-state index is 12.5. The topological polar surface area (TPSA) is 77.8 Å². The van der Waals surface area contributed by atoms with E-state index < -0.39 is 12.1 Å². The number of carboxylic acids is 1. The van der Waals surface area contributed by atoms with E-state index in [0.717, 1.165) is 61.2 Å². The normalized spacial score (nSPS) is 17.9. The number of halogens is 1. The molecule has 1 aromatic rings. The van der Waals surface area contributed by atoms with Crippen LogP contribution < -0.4 is 0 Å². The van der Waals surface area contributed by atoms with Crippen molar-refractivity contribution in [1.82, 2.24) is 4.90 Å². The van der Waals surface area contributed by atoms with Gasteiger partial charge >= 0.3 is 5.97 Å². The Morgan fingerprint density at radius 1 is 1.23 bits per heavy atom. The van der Waals surface area contributed by atoms with E-state index in [1.165, 1.54) is 0 Å². The zero-order chi connectivity index (χ0) is 22.8. The van der Waals surface area contributed by atoms with Gasteiger partial charge in [0.05, 0.1) is 6.10 Å². The number of aliphatic hydroxyl groups excluding tert-OH is 1. The van der Waals surface area contributed by atoms with Crippen molar-refractivity contribution in [3.8, 4) is 0 Å². The maximum absolute atomic E-state index is 12.5. The summed E-state index contributed by atoms with van der Waals surface area (Å²) >= 11 is 6.55. The number of nitrogens with zero attached hydrogens (tertiary/aromatic N) is 1. The Bertz CT molecular complexity index is 721. The summed E-state index contributed by atoms with van der Waals surface area (Å²) < 4.78 is 0. The maximum Gasteiger partial charge on any atom is 0.303 e. The molecule has 0 saturated carbocycles. The summed E-state index contributed by atoms with van der Waals surface area (Å²) in [5, 5.41) is 20.1. The summed E-state index contributed by atoms with van der Waals surface area (Å²) in [4.78, 5) is 25.1. The Balaban J connectivity index is 1.82. The summed E-state index contributed by atoms with van der Waals surface area (Å²) in [6.07, 6.45) is 7.65. The van der Waals surface area contributed by atoms with E-state index in [1.807, 2.05) is 23.1 Å². The average molecular weight is 452 g/mol. The van der Waals surface area contributed by atoms with Crippen LogP contribution in [-0.2, 0) is 16.0 Å². The molecule has 0 radical (unpaired) electrons. The Morgan fingerprint density at radius 3 is 2.68 bits per heavy atom. The lowest BCUT2D eigenvalue weighted by Gasteiger charge is -2.36. The van der Waals surface area contributed by atoms with Gasteiger partial charge < -0.3 is 15.1 Å². The molecule has 174 valence electrons. The molecule has 1 aliphatic heterocycles. The Morgan fingerprint density at radius 2 is 1.97 bits per heavy atom. The fraction of sp³-hybridized carbons (Fsp3) is 0.680. The SMILES string of the molecule is CC(C)c1cccc(CC(O)CC[C@H]2CCCC(=O)N2CCCCCCC(=O)O)c1Cl. The summed E-state index contributed by atoms with van der Waals surface area (Å²) in [6, 6.07) is 6.21. The van der Waals surface area contributed by atoms with Gasteiger partial charge in [-0.15, -0.1) is 0 Å².